The number of carboxylic acid groups (broad SMARTS) is 1. The number of carboxylic acids is 1. The van der Waals surface area contributed by atoms with Crippen molar-refractivity contribution in [1.82, 2.24) is 0 Å². The number of carbonyl (C=O) groups is 1. The molecule has 10 heavy (non-hydrogen) atoms. The summed E-state index contributed by atoms with van der Waals surface area (Å²) < 4.78 is 5.08. The Balaban J connectivity index is 2.19. The molecule has 1 atom stereocenters. The molecule has 1 unspecified atom stereocenters. The lowest BCUT2D eigenvalue weighted by Crippen LogP contribution is -2.23. The summed E-state index contributed by atoms with van der Waals surface area (Å²) in [6.45, 7) is 0. The van der Waals surface area contributed by atoms with Crippen molar-refractivity contribution < 1.29 is 14.6 Å². The first-order valence-electron chi connectivity index (χ1n) is 3.48. The zero-order chi connectivity index (χ0) is 7.40. The zero-order valence-electron chi connectivity index (χ0n) is 5.75. The minimum Gasteiger partial charge on any atom is -0.481 e. The van der Waals surface area contributed by atoms with Crippen molar-refractivity contribution in [3.8, 4) is 0 Å². The highest BCUT2D eigenvalue weighted by Crippen LogP contribution is 2.14. The van der Waals surface area contributed by atoms with Crippen LogP contribution in [0.3, 0.4) is 0 Å². The van der Waals surface area contributed by atoms with E-state index in [0.29, 0.717) is 0 Å². The van der Waals surface area contributed by atoms with Gasteiger partial charge in [0.05, 0.1) is 6.42 Å². The third-order valence-corrected chi connectivity index (χ3v) is 1.54. The summed E-state index contributed by atoms with van der Waals surface area (Å²) >= 11 is 0. The molecule has 3 nitrogen and oxygen atoms in total. The van der Waals surface area contributed by atoms with Gasteiger partial charge < -0.3 is 9.76 Å². The second kappa shape index (κ2) is 3.61. The molecule has 0 saturated carbocycles. The summed E-state index contributed by atoms with van der Waals surface area (Å²) in [5, 5.41) is 8.37. The van der Waals surface area contributed by atoms with Gasteiger partial charge in [0, 0.05) is 6.10 Å². The van der Waals surface area contributed by atoms with Gasteiger partial charge in [-0.2, -0.15) is 0 Å². The molecule has 4 heteroatoms. The summed E-state index contributed by atoms with van der Waals surface area (Å²) in [6, 6.07) is 0. The van der Waals surface area contributed by atoms with E-state index in [-0.39, 0.29) is 12.5 Å². The molecule has 1 rings (SSSR count). The van der Waals surface area contributed by atoms with Crippen LogP contribution < -0.4 is 0 Å². The smallest absolute Gasteiger partial charge is 0.305 e. The van der Waals surface area contributed by atoms with Gasteiger partial charge in [-0.3, -0.25) is 4.79 Å². The van der Waals surface area contributed by atoms with Crippen molar-refractivity contribution in [2.24, 2.45) is 0 Å². The predicted octanol–water partition coefficient (Wildman–Crippen LogP) is 0.678. The van der Waals surface area contributed by atoms with Gasteiger partial charge in [-0.15, -0.1) is 0 Å². The zero-order valence-corrected chi connectivity index (χ0v) is 5.75. The van der Waals surface area contributed by atoms with E-state index in [1.165, 1.54) is 0 Å². The maximum absolute atomic E-state index is 10.2. The third kappa shape index (κ3) is 2.39. The average Bonchev–Trinajstić information content (AvgIpc) is 1.88. The van der Waals surface area contributed by atoms with E-state index < -0.39 is 5.97 Å². The van der Waals surface area contributed by atoms with E-state index in [2.05, 4.69) is 0 Å². The maximum atomic E-state index is 10.2. The second-order valence-corrected chi connectivity index (χ2v) is 2.45. The van der Waals surface area contributed by atoms with Crippen LogP contribution in [0.15, 0.2) is 0 Å². The summed E-state index contributed by atoms with van der Waals surface area (Å²) in [6.07, 6.45) is 2.94. The standard InChI is InChI=1S/C6H10BO3/c8-6(9)4-5-2-1-3-7-10-5/h5H,1-4H2,(H,8,9). The maximum Gasteiger partial charge on any atom is 0.305 e. The molecular formula is C6H10BO3. The van der Waals surface area contributed by atoms with E-state index in [9.17, 15) is 4.79 Å². The summed E-state index contributed by atoms with van der Waals surface area (Å²) in [4.78, 5) is 10.2. The fraction of sp³-hybridized carbons (Fsp3) is 0.833. The highest BCUT2D eigenvalue weighted by atomic mass is 16.4. The highest BCUT2D eigenvalue weighted by Gasteiger charge is 2.16. The van der Waals surface area contributed by atoms with Crippen molar-refractivity contribution >= 4 is 13.5 Å². The lowest BCUT2D eigenvalue weighted by atomic mass is 9.86. The lowest BCUT2D eigenvalue weighted by Gasteiger charge is -2.19. The van der Waals surface area contributed by atoms with Gasteiger partial charge in [0.25, 0.3) is 7.48 Å². The number of hydrogen-bond acceptors (Lipinski definition) is 2. The first-order valence-corrected chi connectivity index (χ1v) is 3.48. The number of hydrogen-bond donors (Lipinski definition) is 1. The molecule has 0 aromatic rings. The lowest BCUT2D eigenvalue weighted by molar-refractivity contribution is -0.139. The van der Waals surface area contributed by atoms with Gasteiger partial charge in [0.1, 0.15) is 0 Å². The molecule has 1 N–H and O–H groups in total. The summed E-state index contributed by atoms with van der Waals surface area (Å²) in [7, 11) is 1.71. The van der Waals surface area contributed by atoms with Gasteiger partial charge in [-0.25, -0.2) is 0 Å². The molecule has 0 bridgehead atoms. The fourth-order valence-corrected chi connectivity index (χ4v) is 1.05. The normalized spacial score (nSPS) is 25.4. The molecule has 0 aromatic carbocycles. The largest absolute Gasteiger partial charge is 0.481 e. The molecule has 1 fully saturated rings. The van der Waals surface area contributed by atoms with Crippen LogP contribution in [0.5, 0.6) is 0 Å². The van der Waals surface area contributed by atoms with Crippen molar-refractivity contribution in [3.05, 3.63) is 0 Å². The molecule has 0 aliphatic carbocycles. The molecule has 1 aliphatic heterocycles. The molecule has 0 aromatic heterocycles. The Morgan fingerprint density at radius 1 is 1.80 bits per heavy atom. The van der Waals surface area contributed by atoms with Gasteiger partial charge in [0.2, 0.25) is 0 Å². The van der Waals surface area contributed by atoms with Crippen LogP contribution in [0.1, 0.15) is 19.3 Å². The minimum atomic E-state index is -0.777. The Kier molecular flexibility index (Phi) is 2.74. The van der Waals surface area contributed by atoms with E-state index in [4.69, 9.17) is 9.76 Å². The van der Waals surface area contributed by atoms with Gasteiger partial charge in [-0.1, -0.05) is 12.7 Å². The Morgan fingerprint density at radius 2 is 2.60 bits per heavy atom. The molecule has 1 aliphatic rings. The molecule has 0 amide bonds. The molecule has 0 spiro atoms. The molecule has 55 valence electrons. The predicted molar refractivity (Wildman–Crippen MR) is 36.9 cm³/mol. The fourth-order valence-electron chi connectivity index (χ4n) is 1.05. The second-order valence-electron chi connectivity index (χ2n) is 2.45. The first kappa shape index (κ1) is 7.60. The Morgan fingerprint density at radius 3 is 3.10 bits per heavy atom. The van der Waals surface area contributed by atoms with E-state index in [1.807, 2.05) is 0 Å². The van der Waals surface area contributed by atoms with Crippen LogP contribution in [-0.2, 0) is 9.45 Å². The Bertz CT molecular complexity index is 120. The Labute approximate surface area is 60.6 Å². The quantitative estimate of drug-likeness (QED) is 0.575. The molecule has 1 saturated heterocycles. The summed E-state index contributed by atoms with van der Waals surface area (Å²) in [5.41, 5.74) is 0. The van der Waals surface area contributed by atoms with Crippen LogP contribution in [-0.4, -0.2) is 24.7 Å². The first-order chi connectivity index (χ1) is 4.79. The SMILES string of the molecule is O=C(O)CC1CCC[B]O1. The van der Waals surface area contributed by atoms with E-state index in [0.717, 1.165) is 19.2 Å². The van der Waals surface area contributed by atoms with Crippen LogP contribution >= 0.6 is 0 Å². The minimum absolute atomic E-state index is 0.0775. The number of rotatable bonds is 2. The van der Waals surface area contributed by atoms with Crippen molar-refractivity contribution in [1.29, 1.82) is 0 Å². The van der Waals surface area contributed by atoms with Crippen molar-refractivity contribution in [3.63, 3.8) is 0 Å². The highest BCUT2D eigenvalue weighted by molar-refractivity contribution is 6.27. The van der Waals surface area contributed by atoms with Gasteiger partial charge in [-0.05, 0) is 6.42 Å². The topological polar surface area (TPSA) is 46.5 Å². The van der Waals surface area contributed by atoms with E-state index >= 15 is 0 Å². The van der Waals surface area contributed by atoms with Crippen LogP contribution in [0.2, 0.25) is 6.32 Å². The van der Waals surface area contributed by atoms with Gasteiger partial charge in [0.15, 0.2) is 0 Å². The molecular weight excluding hydrogens is 131 g/mol. The van der Waals surface area contributed by atoms with Crippen molar-refractivity contribution in [2.75, 3.05) is 0 Å². The molecule has 1 radical (unpaired) electrons. The van der Waals surface area contributed by atoms with Gasteiger partial charge >= 0.3 is 5.97 Å². The Hall–Kier alpha value is -0.505. The van der Waals surface area contributed by atoms with Crippen LogP contribution in [0, 0.1) is 0 Å². The van der Waals surface area contributed by atoms with Crippen LogP contribution in [0.25, 0.3) is 0 Å². The third-order valence-electron chi connectivity index (χ3n) is 1.54. The average molecular weight is 141 g/mol. The monoisotopic (exact) mass is 141 g/mol. The van der Waals surface area contributed by atoms with Crippen LogP contribution in [0.4, 0.5) is 0 Å². The van der Waals surface area contributed by atoms with Crippen molar-refractivity contribution in [2.45, 2.75) is 31.7 Å². The molecule has 1 heterocycles. The van der Waals surface area contributed by atoms with E-state index in [1.54, 1.807) is 7.48 Å². The number of aliphatic carboxylic acids is 1. The summed E-state index contributed by atoms with van der Waals surface area (Å²) in [5.74, 6) is -0.777.